The largest absolute Gasteiger partial charge is 0.441 e. The van der Waals surface area contributed by atoms with Crippen LogP contribution in [0.25, 0.3) is 11.1 Å². The van der Waals surface area contributed by atoms with Crippen LogP contribution in [0.2, 0.25) is 0 Å². The number of aryl methyl sites for hydroxylation is 1. The van der Waals surface area contributed by atoms with E-state index in [1.54, 1.807) is 0 Å². The normalized spacial score (nSPS) is 12.1. The van der Waals surface area contributed by atoms with E-state index in [2.05, 4.69) is 15.6 Å². The van der Waals surface area contributed by atoms with E-state index in [0.29, 0.717) is 5.89 Å². The number of benzene rings is 2. The molecule has 1 amide bonds. The van der Waals surface area contributed by atoms with E-state index in [1.165, 1.54) is 0 Å². The molecule has 0 unspecified atom stereocenters. The van der Waals surface area contributed by atoms with Crippen LogP contribution in [0.5, 0.6) is 0 Å². The summed E-state index contributed by atoms with van der Waals surface area (Å²) < 4.78 is 5.44. The van der Waals surface area contributed by atoms with Gasteiger partial charge >= 0.3 is 0 Å². The fourth-order valence-corrected chi connectivity index (χ4v) is 2.22. The van der Waals surface area contributed by atoms with Gasteiger partial charge in [0.25, 0.3) is 0 Å². The second-order valence-electron chi connectivity index (χ2n) is 5.14. The van der Waals surface area contributed by atoms with E-state index < -0.39 is 0 Å². The van der Waals surface area contributed by atoms with Crippen molar-refractivity contribution in [3.05, 3.63) is 54.4 Å². The smallest absolute Gasteiger partial charge is 0.246 e. The number of aromatic nitrogens is 1. The quantitative estimate of drug-likeness (QED) is 0.772. The number of anilines is 2. The highest BCUT2D eigenvalue weighted by Gasteiger charge is 2.13. The monoisotopic (exact) mass is 295 g/mol. The lowest BCUT2D eigenvalue weighted by Gasteiger charge is -2.15. The lowest BCUT2D eigenvalue weighted by Crippen LogP contribution is -2.31. The average Bonchev–Trinajstić information content (AvgIpc) is 2.87. The van der Waals surface area contributed by atoms with Gasteiger partial charge in [-0.1, -0.05) is 18.2 Å². The summed E-state index contributed by atoms with van der Waals surface area (Å²) in [6.07, 6.45) is 0. The zero-order valence-electron chi connectivity index (χ0n) is 12.5. The van der Waals surface area contributed by atoms with Gasteiger partial charge in [0.1, 0.15) is 11.6 Å². The number of oxazole rings is 1. The van der Waals surface area contributed by atoms with Crippen LogP contribution in [0.1, 0.15) is 12.8 Å². The first-order valence-corrected chi connectivity index (χ1v) is 7.11. The fourth-order valence-electron chi connectivity index (χ4n) is 2.22. The Labute approximate surface area is 128 Å². The molecule has 0 saturated carbocycles. The molecule has 0 aliphatic carbocycles. The number of hydrogen-bond acceptors (Lipinski definition) is 4. The van der Waals surface area contributed by atoms with Gasteiger partial charge in [0.2, 0.25) is 5.91 Å². The molecule has 5 nitrogen and oxygen atoms in total. The fraction of sp³-hybridized carbons (Fsp3) is 0.176. The number of para-hydroxylation sites is 1. The second-order valence-corrected chi connectivity index (χ2v) is 5.14. The number of carbonyl (C=O) groups excluding carboxylic acids is 1. The lowest BCUT2D eigenvalue weighted by molar-refractivity contribution is -0.116. The minimum absolute atomic E-state index is 0.0948. The standard InChI is InChI=1S/C17H17N3O2/c1-11(17(21)20-13-6-4-3-5-7-13)18-14-8-9-16-15(10-14)19-12(2)22-16/h3-11,18H,1-2H3,(H,20,21)/t11-/m1/s1. The highest BCUT2D eigenvalue weighted by molar-refractivity contribution is 5.96. The molecule has 2 aromatic carbocycles. The van der Waals surface area contributed by atoms with Crippen LogP contribution >= 0.6 is 0 Å². The van der Waals surface area contributed by atoms with Crippen molar-refractivity contribution in [1.29, 1.82) is 0 Å². The van der Waals surface area contributed by atoms with Gasteiger partial charge in [-0.25, -0.2) is 4.98 Å². The Morgan fingerprint density at radius 2 is 1.91 bits per heavy atom. The molecule has 1 atom stereocenters. The molecule has 0 spiro atoms. The topological polar surface area (TPSA) is 67.2 Å². The van der Waals surface area contributed by atoms with Crippen LogP contribution in [0.4, 0.5) is 11.4 Å². The summed E-state index contributed by atoms with van der Waals surface area (Å²) in [5, 5.41) is 6.04. The van der Waals surface area contributed by atoms with Crippen LogP contribution in [0, 0.1) is 6.92 Å². The second kappa shape index (κ2) is 5.89. The minimum Gasteiger partial charge on any atom is -0.441 e. The molecule has 3 rings (SSSR count). The minimum atomic E-state index is -0.370. The third-order valence-electron chi connectivity index (χ3n) is 3.31. The number of nitrogens with zero attached hydrogens (tertiary/aromatic N) is 1. The summed E-state index contributed by atoms with van der Waals surface area (Å²) >= 11 is 0. The van der Waals surface area contributed by atoms with Gasteiger partial charge in [-0.15, -0.1) is 0 Å². The van der Waals surface area contributed by atoms with Gasteiger partial charge in [0.15, 0.2) is 11.5 Å². The molecule has 3 aromatic rings. The molecule has 5 heteroatoms. The van der Waals surface area contributed by atoms with Crippen molar-refractivity contribution < 1.29 is 9.21 Å². The van der Waals surface area contributed by atoms with Crippen molar-refractivity contribution in [2.24, 2.45) is 0 Å². The summed E-state index contributed by atoms with van der Waals surface area (Å²) in [5.74, 6) is 0.532. The predicted octanol–water partition coefficient (Wildman–Crippen LogP) is 3.58. The molecule has 0 saturated heterocycles. The zero-order valence-corrected chi connectivity index (χ0v) is 12.5. The molecule has 112 valence electrons. The van der Waals surface area contributed by atoms with E-state index in [1.807, 2.05) is 62.4 Å². The Hall–Kier alpha value is -2.82. The lowest BCUT2D eigenvalue weighted by atomic mass is 10.2. The first-order valence-electron chi connectivity index (χ1n) is 7.11. The molecule has 0 aliphatic heterocycles. The van der Waals surface area contributed by atoms with Gasteiger partial charge < -0.3 is 15.1 Å². The van der Waals surface area contributed by atoms with Crippen LogP contribution in [0.3, 0.4) is 0 Å². The van der Waals surface area contributed by atoms with Gasteiger partial charge in [0, 0.05) is 18.3 Å². The zero-order chi connectivity index (χ0) is 15.5. The Morgan fingerprint density at radius 3 is 2.68 bits per heavy atom. The number of fused-ring (bicyclic) bond motifs is 1. The van der Waals surface area contributed by atoms with Crippen LogP contribution in [0.15, 0.2) is 52.9 Å². The number of carbonyl (C=O) groups is 1. The van der Waals surface area contributed by atoms with E-state index >= 15 is 0 Å². The van der Waals surface area contributed by atoms with Gasteiger partial charge in [-0.05, 0) is 37.3 Å². The third-order valence-corrected chi connectivity index (χ3v) is 3.31. The van der Waals surface area contributed by atoms with Crippen LogP contribution < -0.4 is 10.6 Å². The number of amides is 1. The van der Waals surface area contributed by atoms with Gasteiger partial charge in [-0.2, -0.15) is 0 Å². The highest BCUT2D eigenvalue weighted by Crippen LogP contribution is 2.20. The molecule has 22 heavy (non-hydrogen) atoms. The summed E-state index contributed by atoms with van der Waals surface area (Å²) in [7, 11) is 0. The van der Waals surface area contributed by atoms with Crippen molar-refractivity contribution in [3.8, 4) is 0 Å². The average molecular weight is 295 g/mol. The molecule has 0 fully saturated rings. The van der Waals surface area contributed by atoms with E-state index in [4.69, 9.17) is 4.42 Å². The van der Waals surface area contributed by atoms with Gasteiger partial charge in [0.05, 0.1) is 0 Å². The number of hydrogen-bond donors (Lipinski definition) is 2. The van der Waals surface area contributed by atoms with Crippen molar-refractivity contribution in [2.45, 2.75) is 19.9 Å². The molecule has 0 bridgehead atoms. The number of rotatable bonds is 4. The Kier molecular flexibility index (Phi) is 3.78. The Morgan fingerprint density at radius 1 is 1.14 bits per heavy atom. The molecule has 2 N–H and O–H groups in total. The van der Waals surface area contributed by atoms with Crippen LogP contribution in [-0.2, 0) is 4.79 Å². The first kappa shape index (κ1) is 14.1. The maximum absolute atomic E-state index is 12.2. The van der Waals surface area contributed by atoms with E-state index in [-0.39, 0.29) is 11.9 Å². The van der Waals surface area contributed by atoms with Crippen molar-refractivity contribution >= 4 is 28.4 Å². The molecule has 1 aromatic heterocycles. The maximum atomic E-state index is 12.2. The van der Waals surface area contributed by atoms with Crippen molar-refractivity contribution in [3.63, 3.8) is 0 Å². The molecule has 0 radical (unpaired) electrons. The summed E-state index contributed by atoms with van der Waals surface area (Å²) in [6, 6.07) is 14.6. The molecular weight excluding hydrogens is 278 g/mol. The van der Waals surface area contributed by atoms with Crippen molar-refractivity contribution in [2.75, 3.05) is 10.6 Å². The van der Waals surface area contributed by atoms with E-state index in [9.17, 15) is 4.79 Å². The van der Waals surface area contributed by atoms with Crippen LogP contribution in [-0.4, -0.2) is 16.9 Å². The van der Waals surface area contributed by atoms with Gasteiger partial charge in [-0.3, -0.25) is 4.79 Å². The van der Waals surface area contributed by atoms with E-state index in [0.717, 1.165) is 22.5 Å². The predicted molar refractivity (Wildman–Crippen MR) is 86.9 cm³/mol. The Balaban J connectivity index is 1.69. The first-order chi connectivity index (χ1) is 10.6. The summed E-state index contributed by atoms with van der Waals surface area (Å²) in [5.41, 5.74) is 3.13. The SMILES string of the molecule is Cc1nc2cc(N[C@H](C)C(=O)Nc3ccccc3)ccc2o1. The summed E-state index contributed by atoms with van der Waals surface area (Å²) in [4.78, 5) is 16.5. The Bertz CT molecular complexity index is 796. The molecule has 0 aliphatic rings. The molecule has 1 heterocycles. The molecular formula is C17H17N3O2. The van der Waals surface area contributed by atoms with Crippen molar-refractivity contribution in [1.82, 2.24) is 4.98 Å². The number of nitrogens with one attached hydrogen (secondary N) is 2. The summed E-state index contributed by atoms with van der Waals surface area (Å²) in [6.45, 7) is 3.62. The highest BCUT2D eigenvalue weighted by atomic mass is 16.3. The third kappa shape index (κ3) is 3.09. The maximum Gasteiger partial charge on any atom is 0.246 e.